The molecule has 1 aliphatic rings. The first-order valence-corrected chi connectivity index (χ1v) is 8.10. The number of nitrogens with zero attached hydrogens (tertiary/aromatic N) is 3. The molecular formula is C15H24N5O5+. The molecule has 0 spiro atoms. The van der Waals surface area contributed by atoms with E-state index >= 15 is 0 Å². The molecule has 0 radical (unpaired) electrons. The normalized spacial score (nSPS) is 26.6. The van der Waals surface area contributed by atoms with Crippen LogP contribution in [0.1, 0.15) is 13.2 Å². The number of rotatable bonds is 6. The van der Waals surface area contributed by atoms with Gasteiger partial charge in [-0.2, -0.15) is 9.55 Å². The second kappa shape index (κ2) is 7.08. The quantitative estimate of drug-likeness (QED) is 0.434. The van der Waals surface area contributed by atoms with Crippen molar-refractivity contribution in [2.45, 2.75) is 25.4 Å². The lowest BCUT2D eigenvalue weighted by atomic mass is 10.0. The number of aryl methyl sites for hydroxylation is 1. The van der Waals surface area contributed by atoms with Crippen LogP contribution in [-0.2, 0) is 21.3 Å². The molecule has 0 unspecified atom stereocenters. The first-order valence-electron chi connectivity index (χ1n) is 8.10. The number of methoxy groups -OCH3 is 1. The van der Waals surface area contributed by atoms with Crippen LogP contribution < -0.4 is 15.9 Å². The van der Waals surface area contributed by atoms with Crippen molar-refractivity contribution in [1.82, 2.24) is 14.5 Å². The number of aliphatic hydroxyl groups is 1. The van der Waals surface area contributed by atoms with Crippen molar-refractivity contribution in [2.24, 2.45) is 13.0 Å². The molecule has 0 aromatic carbocycles. The molecule has 1 aliphatic heterocycles. The summed E-state index contributed by atoms with van der Waals surface area (Å²) in [4.78, 5) is 18.8. The molecule has 2 aromatic heterocycles. The number of aromatic nitrogens is 4. The van der Waals surface area contributed by atoms with Crippen molar-refractivity contribution in [2.75, 3.05) is 32.7 Å². The Hall–Kier alpha value is -2.01. The Kier molecular flexibility index (Phi) is 5.04. The number of hydrogen-bond acceptors (Lipinski definition) is 7. The number of ether oxygens (including phenoxy) is 3. The standard InChI is InChI=1S/C15H23N5O5/c1-8-9(6-24-5-4-23-3)11(21)14(25-8)20-7-19(2)10-12(20)17-15(16)18-13(10)22/h7-9,11,14,21H,4-6H2,1-3H3,(H2-,16,17,18,22)/p+1/t8-,9-,11-,14-/m1/s1. The van der Waals surface area contributed by atoms with Crippen LogP contribution in [-0.4, -0.2) is 58.8 Å². The van der Waals surface area contributed by atoms with Crippen molar-refractivity contribution in [3.8, 4) is 0 Å². The lowest BCUT2D eigenvalue weighted by Crippen LogP contribution is -2.32. The molecule has 4 N–H and O–H groups in total. The molecule has 1 fully saturated rings. The van der Waals surface area contributed by atoms with Crippen LogP contribution in [0.5, 0.6) is 0 Å². The lowest BCUT2D eigenvalue weighted by molar-refractivity contribution is -0.646. The molecule has 0 bridgehead atoms. The Balaban J connectivity index is 1.87. The van der Waals surface area contributed by atoms with Crippen LogP contribution >= 0.6 is 0 Å². The Labute approximate surface area is 144 Å². The summed E-state index contributed by atoms with van der Waals surface area (Å²) in [6, 6.07) is 0. The number of nitrogens with two attached hydrogens (primary N) is 1. The third kappa shape index (κ3) is 3.25. The second-order valence-corrected chi connectivity index (χ2v) is 6.21. The summed E-state index contributed by atoms with van der Waals surface area (Å²) < 4.78 is 19.7. The van der Waals surface area contributed by atoms with Crippen LogP contribution in [0.25, 0.3) is 11.2 Å². The predicted octanol–water partition coefficient (Wildman–Crippen LogP) is -1.31. The summed E-state index contributed by atoms with van der Waals surface area (Å²) in [6.45, 7) is 3.18. The van der Waals surface area contributed by atoms with Gasteiger partial charge >= 0.3 is 5.56 Å². The highest BCUT2D eigenvalue weighted by atomic mass is 16.5. The molecule has 2 aromatic rings. The summed E-state index contributed by atoms with van der Waals surface area (Å²) >= 11 is 0. The number of nitrogen functional groups attached to an aromatic ring is 1. The van der Waals surface area contributed by atoms with Crippen molar-refractivity contribution in [1.29, 1.82) is 0 Å². The Bertz CT molecular complexity index is 803. The highest BCUT2D eigenvalue weighted by Crippen LogP contribution is 2.35. The highest BCUT2D eigenvalue weighted by Gasteiger charge is 2.46. The zero-order valence-electron chi connectivity index (χ0n) is 14.5. The number of anilines is 1. The zero-order valence-corrected chi connectivity index (χ0v) is 14.5. The molecule has 4 atom stereocenters. The number of aliphatic hydroxyl groups excluding tert-OH is 1. The van der Waals surface area contributed by atoms with Crippen molar-refractivity contribution >= 4 is 17.1 Å². The molecule has 138 valence electrons. The van der Waals surface area contributed by atoms with Crippen molar-refractivity contribution in [3.05, 3.63) is 16.7 Å². The van der Waals surface area contributed by atoms with Crippen LogP contribution in [0.15, 0.2) is 11.1 Å². The van der Waals surface area contributed by atoms with Gasteiger partial charge in [0.15, 0.2) is 0 Å². The van der Waals surface area contributed by atoms with Gasteiger partial charge < -0.3 is 25.1 Å². The Morgan fingerprint density at radius 2 is 2.28 bits per heavy atom. The summed E-state index contributed by atoms with van der Waals surface area (Å²) in [5.74, 6) is -0.193. The largest absolute Gasteiger partial charge is 0.386 e. The van der Waals surface area contributed by atoms with Crippen molar-refractivity contribution in [3.63, 3.8) is 0 Å². The molecule has 0 saturated carbocycles. The van der Waals surface area contributed by atoms with E-state index in [0.717, 1.165) is 0 Å². The van der Waals surface area contributed by atoms with Gasteiger partial charge in [0, 0.05) is 13.0 Å². The maximum absolute atomic E-state index is 12.1. The summed E-state index contributed by atoms with van der Waals surface area (Å²) in [6.07, 6.45) is -0.0373. The van der Waals surface area contributed by atoms with Gasteiger partial charge in [0.05, 0.1) is 33.0 Å². The van der Waals surface area contributed by atoms with E-state index < -0.39 is 12.3 Å². The summed E-state index contributed by atoms with van der Waals surface area (Å²) in [7, 11) is 3.33. The first-order chi connectivity index (χ1) is 11.9. The Morgan fingerprint density at radius 1 is 1.52 bits per heavy atom. The topological polar surface area (TPSA) is 128 Å². The molecule has 1 saturated heterocycles. The summed E-state index contributed by atoms with van der Waals surface area (Å²) in [5, 5.41) is 10.7. The van der Waals surface area contributed by atoms with Gasteiger partial charge in [-0.15, -0.1) is 0 Å². The van der Waals surface area contributed by atoms with E-state index in [4.69, 9.17) is 19.9 Å². The third-order valence-corrected chi connectivity index (χ3v) is 4.49. The number of fused-ring (bicyclic) bond motifs is 1. The molecule has 0 aliphatic carbocycles. The highest BCUT2D eigenvalue weighted by molar-refractivity contribution is 5.66. The van der Waals surface area contributed by atoms with E-state index in [0.29, 0.717) is 31.0 Å². The van der Waals surface area contributed by atoms with E-state index in [9.17, 15) is 9.90 Å². The Morgan fingerprint density at radius 3 is 3.00 bits per heavy atom. The van der Waals surface area contributed by atoms with E-state index in [1.54, 1.807) is 29.6 Å². The minimum Gasteiger partial charge on any atom is -0.386 e. The third-order valence-electron chi connectivity index (χ3n) is 4.49. The monoisotopic (exact) mass is 354 g/mol. The number of H-pyrrole nitrogens is 1. The SMILES string of the molecule is COCCOC[C@H]1[C@@H](O)[C@H](n2c[n+](C)c3c(=O)[nH]c(N)nc32)O[C@@H]1C. The van der Waals surface area contributed by atoms with Crippen LogP contribution in [0.4, 0.5) is 5.95 Å². The summed E-state index contributed by atoms with van der Waals surface area (Å²) in [5.41, 5.74) is 6.04. The van der Waals surface area contributed by atoms with Gasteiger partial charge in [-0.1, -0.05) is 0 Å². The average Bonchev–Trinajstić information content (AvgIpc) is 3.02. The number of hydrogen-bond donors (Lipinski definition) is 3. The van der Waals surface area contributed by atoms with Gasteiger partial charge in [0.2, 0.25) is 18.5 Å². The smallest absolute Gasteiger partial charge is 0.304 e. The minimum atomic E-state index is -0.810. The van der Waals surface area contributed by atoms with Crippen LogP contribution in [0.3, 0.4) is 0 Å². The van der Waals surface area contributed by atoms with Gasteiger partial charge in [0.25, 0.3) is 11.2 Å². The molecule has 10 nitrogen and oxygen atoms in total. The van der Waals surface area contributed by atoms with Gasteiger partial charge in [-0.3, -0.25) is 9.78 Å². The van der Waals surface area contributed by atoms with Crippen molar-refractivity contribution < 1.29 is 23.9 Å². The van der Waals surface area contributed by atoms with E-state index in [2.05, 4.69) is 9.97 Å². The minimum absolute atomic E-state index is 0.0115. The van der Waals surface area contributed by atoms with Crippen LogP contribution in [0, 0.1) is 5.92 Å². The zero-order chi connectivity index (χ0) is 18.1. The van der Waals surface area contributed by atoms with Gasteiger partial charge in [-0.25, -0.2) is 4.57 Å². The number of aromatic amines is 1. The van der Waals surface area contributed by atoms with Gasteiger partial charge in [0.1, 0.15) is 6.10 Å². The number of nitrogens with one attached hydrogen (secondary N) is 1. The van der Waals surface area contributed by atoms with E-state index in [1.807, 2.05) is 6.92 Å². The maximum Gasteiger partial charge on any atom is 0.304 e. The molecule has 0 amide bonds. The van der Waals surface area contributed by atoms with E-state index in [1.165, 1.54) is 0 Å². The average molecular weight is 354 g/mol. The first kappa shape index (κ1) is 17.8. The molecule has 10 heteroatoms. The fraction of sp³-hybridized carbons (Fsp3) is 0.667. The molecule has 25 heavy (non-hydrogen) atoms. The molecule has 3 rings (SSSR count). The molecule has 3 heterocycles. The fourth-order valence-corrected chi connectivity index (χ4v) is 3.17. The van der Waals surface area contributed by atoms with Crippen LogP contribution in [0.2, 0.25) is 0 Å². The molecular weight excluding hydrogens is 330 g/mol. The fourth-order valence-electron chi connectivity index (χ4n) is 3.17. The maximum atomic E-state index is 12.1. The predicted molar refractivity (Wildman–Crippen MR) is 87.7 cm³/mol. The van der Waals surface area contributed by atoms with E-state index in [-0.39, 0.29) is 23.5 Å². The van der Waals surface area contributed by atoms with Gasteiger partial charge in [-0.05, 0) is 6.92 Å². The second-order valence-electron chi connectivity index (χ2n) is 6.21. The number of imidazole rings is 1. The lowest BCUT2D eigenvalue weighted by Gasteiger charge is -2.16.